The number of thioether (sulfide) groups is 1. The Kier molecular flexibility index (Phi) is 2.46. The van der Waals surface area contributed by atoms with Gasteiger partial charge in [-0.05, 0) is 0 Å². The molecule has 0 unspecified atom stereocenters. The first-order valence-electron chi connectivity index (χ1n) is 2.92. The van der Waals surface area contributed by atoms with Crippen LogP contribution in [-0.4, -0.2) is 34.3 Å². The van der Waals surface area contributed by atoms with E-state index in [1.165, 1.54) is 5.94 Å². The van der Waals surface area contributed by atoms with Crippen molar-refractivity contribution in [3.63, 3.8) is 0 Å². The Morgan fingerprint density at radius 3 is 2.82 bits per heavy atom. The van der Waals surface area contributed by atoms with Gasteiger partial charge in [-0.15, -0.1) is 0 Å². The van der Waals surface area contributed by atoms with Crippen LogP contribution in [0.2, 0.25) is 0 Å². The van der Waals surface area contributed by atoms with Gasteiger partial charge in [0.1, 0.15) is 5.94 Å². The van der Waals surface area contributed by atoms with Crippen LogP contribution in [0.5, 0.6) is 0 Å². The lowest BCUT2D eigenvalue weighted by Gasteiger charge is -2.06. The molecule has 1 aliphatic rings. The molecule has 0 N–H and O–H groups in total. The summed E-state index contributed by atoms with van der Waals surface area (Å²) < 4.78 is 0. The predicted molar refractivity (Wildman–Crippen MR) is 39.8 cm³/mol. The summed E-state index contributed by atoms with van der Waals surface area (Å²) >= 11 is 0.952. The second kappa shape index (κ2) is 3.37. The van der Waals surface area contributed by atoms with Gasteiger partial charge in [0.15, 0.2) is 0 Å². The smallest absolute Gasteiger partial charge is 0.273 e. The molecule has 0 spiro atoms. The van der Waals surface area contributed by atoms with Gasteiger partial charge in [-0.1, -0.05) is 11.8 Å². The average molecular weight is 171 g/mol. The summed E-state index contributed by atoms with van der Waals surface area (Å²) in [6.45, 7) is 0.0498. The van der Waals surface area contributed by atoms with E-state index >= 15 is 0 Å². The second-order valence-corrected chi connectivity index (χ2v) is 2.81. The van der Waals surface area contributed by atoms with Crippen LogP contribution in [0, 0.1) is 0 Å². The van der Waals surface area contributed by atoms with E-state index in [1.807, 2.05) is 0 Å². The second-order valence-electron chi connectivity index (χ2n) is 1.88. The standard InChI is InChI=1S/C6H5NO3S/c8-3-1-2-7-5(9)4-11-6(7)10/h1H,2,4H2. The lowest BCUT2D eigenvalue weighted by atomic mass is 10.5. The zero-order valence-corrected chi connectivity index (χ0v) is 6.39. The molecule has 58 valence electrons. The van der Waals surface area contributed by atoms with Crippen molar-refractivity contribution in [3.8, 4) is 0 Å². The Morgan fingerprint density at radius 1 is 1.64 bits per heavy atom. The molecule has 0 radical (unpaired) electrons. The van der Waals surface area contributed by atoms with Gasteiger partial charge in [-0.3, -0.25) is 14.5 Å². The van der Waals surface area contributed by atoms with E-state index in [-0.39, 0.29) is 23.4 Å². The minimum absolute atomic E-state index is 0.0498. The molecule has 1 heterocycles. The number of hydrogen-bond acceptors (Lipinski definition) is 4. The van der Waals surface area contributed by atoms with Crippen LogP contribution in [0.1, 0.15) is 0 Å². The Labute approximate surface area is 67.2 Å². The van der Waals surface area contributed by atoms with Crippen LogP contribution < -0.4 is 0 Å². The molecule has 0 aromatic heterocycles. The van der Waals surface area contributed by atoms with Crippen LogP contribution in [0.25, 0.3) is 0 Å². The quantitative estimate of drug-likeness (QED) is 0.552. The van der Waals surface area contributed by atoms with Gasteiger partial charge in [0.2, 0.25) is 5.91 Å². The van der Waals surface area contributed by atoms with Crippen LogP contribution in [-0.2, 0) is 9.59 Å². The molecule has 1 aliphatic heterocycles. The van der Waals surface area contributed by atoms with Gasteiger partial charge in [0, 0.05) is 6.08 Å². The molecule has 0 atom stereocenters. The number of nitrogens with zero attached hydrogens (tertiary/aromatic N) is 1. The number of hydrogen-bond donors (Lipinski definition) is 0. The minimum atomic E-state index is -0.290. The molecule has 0 saturated carbocycles. The summed E-state index contributed by atoms with van der Waals surface area (Å²) in [5.41, 5.74) is 0. The number of carbonyl (C=O) groups is 2. The van der Waals surface area contributed by atoms with Crippen LogP contribution >= 0.6 is 11.8 Å². The predicted octanol–water partition coefficient (Wildman–Crippen LogP) is 0.0696. The first-order valence-corrected chi connectivity index (χ1v) is 3.90. The van der Waals surface area contributed by atoms with Crippen molar-refractivity contribution in [2.75, 3.05) is 12.3 Å². The number of carbonyl (C=O) groups excluding carboxylic acids is 3. The largest absolute Gasteiger partial charge is 0.289 e. The lowest BCUT2D eigenvalue weighted by molar-refractivity contribution is -0.124. The topological polar surface area (TPSA) is 54.5 Å². The van der Waals surface area contributed by atoms with Crippen LogP contribution in [0.3, 0.4) is 0 Å². The fourth-order valence-electron chi connectivity index (χ4n) is 0.686. The van der Waals surface area contributed by atoms with Crippen molar-refractivity contribution in [3.05, 3.63) is 6.08 Å². The molecule has 0 aliphatic carbocycles. The molecule has 0 aromatic carbocycles. The summed E-state index contributed by atoms with van der Waals surface area (Å²) in [6, 6.07) is 0. The van der Waals surface area contributed by atoms with Crippen molar-refractivity contribution in [2.45, 2.75) is 0 Å². The Balaban J connectivity index is 2.61. The molecule has 5 heteroatoms. The van der Waals surface area contributed by atoms with E-state index in [0.29, 0.717) is 0 Å². The van der Waals surface area contributed by atoms with Gasteiger partial charge in [0.25, 0.3) is 5.24 Å². The van der Waals surface area contributed by atoms with Gasteiger partial charge in [0.05, 0.1) is 12.3 Å². The highest BCUT2D eigenvalue weighted by Gasteiger charge is 2.28. The molecule has 1 rings (SSSR count). The zero-order chi connectivity index (χ0) is 8.27. The van der Waals surface area contributed by atoms with Gasteiger partial charge < -0.3 is 0 Å². The highest BCUT2D eigenvalue weighted by atomic mass is 32.2. The molecule has 0 aromatic rings. The molecule has 11 heavy (non-hydrogen) atoms. The maximum atomic E-state index is 10.8. The van der Waals surface area contributed by atoms with E-state index < -0.39 is 0 Å². The average Bonchev–Trinajstić information content (AvgIpc) is 2.29. The number of amides is 2. The summed E-state index contributed by atoms with van der Waals surface area (Å²) in [5, 5.41) is -0.290. The molecule has 0 bridgehead atoms. The third-order valence-electron chi connectivity index (χ3n) is 1.20. The SMILES string of the molecule is O=C=CCN1C(=O)CSC1=O. The fourth-order valence-corrected chi connectivity index (χ4v) is 1.42. The summed E-state index contributed by atoms with van der Waals surface area (Å²) in [5.74, 6) is 1.45. The van der Waals surface area contributed by atoms with Crippen molar-refractivity contribution in [2.24, 2.45) is 0 Å². The van der Waals surface area contributed by atoms with Crippen molar-refractivity contribution >= 4 is 28.8 Å². The fraction of sp³-hybridized carbons (Fsp3) is 0.333. The van der Waals surface area contributed by atoms with Crippen molar-refractivity contribution in [1.82, 2.24) is 4.90 Å². The maximum absolute atomic E-state index is 10.8. The highest BCUT2D eigenvalue weighted by Crippen LogP contribution is 2.17. The normalized spacial score (nSPS) is 16.9. The first kappa shape index (κ1) is 8.04. The lowest BCUT2D eigenvalue weighted by Crippen LogP contribution is -2.28. The number of imide groups is 1. The molecule has 4 nitrogen and oxygen atoms in total. The monoisotopic (exact) mass is 171 g/mol. The van der Waals surface area contributed by atoms with Gasteiger partial charge in [-0.25, -0.2) is 4.79 Å². The highest BCUT2D eigenvalue weighted by molar-refractivity contribution is 8.14. The van der Waals surface area contributed by atoms with Gasteiger partial charge in [-0.2, -0.15) is 0 Å². The zero-order valence-electron chi connectivity index (χ0n) is 5.57. The number of rotatable bonds is 2. The minimum Gasteiger partial charge on any atom is -0.273 e. The Hall–Kier alpha value is -1.06. The molecule has 1 saturated heterocycles. The van der Waals surface area contributed by atoms with Crippen molar-refractivity contribution < 1.29 is 14.4 Å². The van der Waals surface area contributed by atoms with E-state index in [0.717, 1.165) is 22.7 Å². The third kappa shape index (κ3) is 1.69. The van der Waals surface area contributed by atoms with E-state index in [9.17, 15) is 14.4 Å². The van der Waals surface area contributed by atoms with E-state index in [4.69, 9.17) is 0 Å². The van der Waals surface area contributed by atoms with Crippen LogP contribution in [0.4, 0.5) is 4.79 Å². The van der Waals surface area contributed by atoms with Crippen LogP contribution in [0.15, 0.2) is 6.08 Å². The Morgan fingerprint density at radius 2 is 2.36 bits per heavy atom. The summed E-state index contributed by atoms with van der Waals surface area (Å²) in [4.78, 5) is 32.4. The summed E-state index contributed by atoms with van der Waals surface area (Å²) in [6.07, 6.45) is 1.11. The van der Waals surface area contributed by atoms with Gasteiger partial charge >= 0.3 is 0 Å². The molecule has 2 amide bonds. The van der Waals surface area contributed by atoms with E-state index in [1.54, 1.807) is 0 Å². The molecule has 1 fully saturated rings. The summed E-state index contributed by atoms with van der Waals surface area (Å²) in [7, 11) is 0. The maximum Gasteiger partial charge on any atom is 0.289 e. The van der Waals surface area contributed by atoms with E-state index in [2.05, 4.69) is 0 Å². The molecular formula is C6H5NO3S. The first-order chi connectivity index (χ1) is 5.25. The third-order valence-corrected chi connectivity index (χ3v) is 2.06. The van der Waals surface area contributed by atoms with Crippen molar-refractivity contribution in [1.29, 1.82) is 0 Å². The molecular weight excluding hydrogens is 166 g/mol. The Bertz CT molecular complexity index is 228.